The number of anilines is 1. The average Bonchev–Trinajstić information content (AvgIpc) is 2.49. The third-order valence-electron chi connectivity index (χ3n) is 2.83. The van der Waals surface area contributed by atoms with Crippen LogP contribution in [-0.4, -0.2) is 19.1 Å². The molecule has 0 unspecified atom stereocenters. The van der Waals surface area contributed by atoms with Crippen molar-refractivity contribution in [2.45, 2.75) is 6.42 Å². The summed E-state index contributed by atoms with van der Waals surface area (Å²) < 4.78 is 5.37. The number of benzene rings is 2. The second-order valence-electron chi connectivity index (χ2n) is 4.48. The molecule has 0 spiro atoms. The molecule has 2 aromatic rings. The molecule has 1 amide bonds. The largest absolute Gasteiger partial charge is 0.492 e. The Bertz CT molecular complexity index is 599. The van der Waals surface area contributed by atoms with E-state index in [1.807, 2.05) is 18.2 Å². The van der Waals surface area contributed by atoms with Crippen LogP contribution in [0, 0.1) is 0 Å². The fourth-order valence-electron chi connectivity index (χ4n) is 1.83. The molecule has 0 aliphatic heterocycles. The molecule has 0 aromatic heterocycles. The fourth-order valence-corrected chi connectivity index (χ4v) is 2.03. The molecule has 4 nitrogen and oxygen atoms in total. The summed E-state index contributed by atoms with van der Waals surface area (Å²) in [6, 6.07) is 14.5. The van der Waals surface area contributed by atoms with E-state index in [4.69, 9.17) is 22.1 Å². The topological polar surface area (TPSA) is 64.3 Å². The van der Waals surface area contributed by atoms with Gasteiger partial charge in [0.1, 0.15) is 12.4 Å². The van der Waals surface area contributed by atoms with Gasteiger partial charge in [0.2, 0.25) is 5.91 Å². The molecule has 0 saturated heterocycles. The highest BCUT2D eigenvalue weighted by molar-refractivity contribution is 6.31. The van der Waals surface area contributed by atoms with E-state index < -0.39 is 0 Å². The first-order chi connectivity index (χ1) is 10.2. The monoisotopic (exact) mass is 304 g/mol. The van der Waals surface area contributed by atoms with Gasteiger partial charge in [-0.2, -0.15) is 0 Å². The summed E-state index contributed by atoms with van der Waals surface area (Å²) >= 11 is 6.03. The predicted molar refractivity (Wildman–Crippen MR) is 84.8 cm³/mol. The summed E-state index contributed by atoms with van der Waals surface area (Å²) in [4.78, 5) is 12.0. The zero-order chi connectivity index (χ0) is 15.1. The van der Waals surface area contributed by atoms with Crippen molar-refractivity contribution in [2.24, 2.45) is 5.73 Å². The van der Waals surface area contributed by atoms with E-state index in [0.717, 1.165) is 11.3 Å². The van der Waals surface area contributed by atoms with Crippen LogP contribution in [0.25, 0.3) is 0 Å². The highest BCUT2D eigenvalue weighted by Gasteiger charge is 2.07. The minimum absolute atomic E-state index is 0.112. The summed E-state index contributed by atoms with van der Waals surface area (Å²) in [5.41, 5.74) is 6.88. The maximum absolute atomic E-state index is 12.0. The Hall–Kier alpha value is -2.04. The van der Waals surface area contributed by atoms with Gasteiger partial charge in [0.05, 0.1) is 6.42 Å². The second kappa shape index (κ2) is 7.67. The van der Waals surface area contributed by atoms with Crippen LogP contribution >= 0.6 is 11.6 Å². The van der Waals surface area contributed by atoms with Crippen LogP contribution in [0.5, 0.6) is 5.75 Å². The van der Waals surface area contributed by atoms with Gasteiger partial charge >= 0.3 is 0 Å². The first-order valence-corrected chi connectivity index (χ1v) is 7.03. The van der Waals surface area contributed by atoms with Crippen LogP contribution in [0.2, 0.25) is 5.02 Å². The molecule has 0 fully saturated rings. The molecule has 0 bridgehead atoms. The summed E-state index contributed by atoms with van der Waals surface area (Å²) in [6.45, 7) is 0.939. The second-order valence-corrected chi connectivity index (χ2v) is 4.89. The van der Waals surface area contributed by atoms with Crippen molar-refractivity contribution in [3.05, 3.63) is 59.1 Å². The fraction of sp³-hybridized carbons (Fsp3) is 0.188. The van der Waals surface area contributed by atoms with E-state index in [0.29, 0.717) is 23.9 Å². The summed E-state index contributed by atoms with van der Waals surface area (Å²) in [7, 11) is 0. The van der Waals surface area contributed by atoms with Gasteiger partial charge in [-0.15, -0.1) is 0 Å². The molecule has 5 heteroatoms. The summed E-state index contributed by atoms with van der Waals surface area (Å²) in [6.07, 6.45) is 0.241. The molecule has 2 rings (SSSR count). The lowest BCUT2D eigenvalue weighted by Gasteiger charge is -2.08. The number of hydrogen-bond acceptors (Lipinski definition) is 3. The third kappa shape index (κ3) is 4.77. The smallest absolute Gasteiger partial charge is 0.228 e. The molecule has 0 heterocycles. The lowest BCUT2D eigenvalue weighted by atomic mass is 10.1. The van der Waals surface area contributed by atoms with Gasteiger partial charge in [-0.25, -0.2) is 0 Å². The Kier molecular flexibility index (Phi) is 5.60. The van der Waals surface area contributed by atoms with E-state index in [-0.39, 0.29) is 12.3 Å². The number of carbonyl (C=O) groups excluding carboxylic acids is 1. The van der Waals surface area contributed by atoms with Gasteiger partial charge in [-0.1, -0.05) is 29.8 Å². The van der Waals surface area contributed by atoms with E-state index in [1.165, 1.54) is 0 Å². The number of nitrogens with two attached hydrogens (primary N) is 1. The molecule has 21 heavy (non-hydrogen) atoms. The molecule has 110 valence electrons. The van der Waals surface area contributed by atoms with Crippen molar-refractivity contribution >= 4 is 23.2 Å². The summed E-state index contributed by atoms with van der Waals surface area (Å²) in [5.74, 6) is 0.614. The highest BCUT2D eigenvalue weighted by atomic mass is 35.5. The van der Waals surface area contributed by atoms with Crippen LogP contribution < -0.4 is 15.8 Å². The Morgan fingerprint density at radius 2 is 1.86 bits per heavy atom. The van der Waals surface area contributed by atoms with E-state index >= 15 is 0 Å². The van der Waals surface area contributed by atoms with Gasteiger partial charge in [-0.05, 0) is 35.9 Å². The number of rotatable bonds is 6. The van der Waals surface area contributed by atoms with Crippen molar-refractivity contribution < 1.29 is 9.53 Å². The molecular formula is C16H17ClN2O2. The normalized spacial score (nSPS) is 10.2. The van der Waals surface area contributed by atoms with Crippen molar-refractivity contribution in [3.8, 4) is 5.75 Å². The number of nitrogens with one attached hydrogen (secondary N) is 1. The Morgan fingerprint density at radius 1 is 1.14 bits per heavy atom. The van der Waals surface area contributed by atoms with Crippen LogP contribution in [0.15, 0.2) is 48.5 Å². The molecular weight excluding hydrogens is 288 g/mol. The zero-order valence-electron chi connectivity index (χ0n) is 11.5. The van der Waals surface area contributed by atoms with Crippen molar-refractivity contribution in [1.29, 1.82) is 0 Å². The molecule has 0 radical (unpaired) electrons. The van der Waals surface area contributed by atoms with Gasteiger partial charge in [-0.3, -0.25) is 4.79 Å². The lowest BCUT2D eigenvalue weighted by molar-refractivity contribution is -0.115. The van der Waals surface area contributed by atoms with Crippen LogP contribution in [0.3, 0.4) is 0 Å². The van der Waals surface area contributed by atoms with Gasteiger partial charge in [0, 0.05) is 17.3 Å². The molecule has 0 aliphatic rings. The molecule has 0 aliphatic carbocycles. The van der Waals surface area contributed by atoms with Gasteiger partial charge in [0.25, 0.3) is 0 Å². The van der Waals surface area contributed by atoms with Crippen LogP contribution in [-0.2, 0) is 11.2 Å². The van der Waals surface area contributed by atoms with Crippen molar-refractivity contribution in [2.75, 3.05) is 18.5 Å². The highest BCUT2D eigenvalue weighted by Crippen LogP contribution is 2.18. The van der Waals surface area contributed by atoms with Crippen LogP contribution in [0.4, 0.5) is 5.69 Å². The van der Waals surface area contributed by atoms with Gasteiger partial charge in [0.15, 0.2) is 0 Å². The number of ether oxygens (including phenoxy) is 1. The predicted octanol–water partition coefficient (Wildman–Crippen LogP) is 2.86. The SMILES string of the molecule is NCCOc1ccc(NC(=O)Cc2ccccc2Cl)cc1. The van der Waals surface area contributed by atoms with Crippen LogP contribution in [0.1, 0.15) is 5.56 Å². The number of halogens is 1. The quantitative estimate of drug-likeness (QED) is 0.862. The molecule has 3 N–H and O–H groups in total. The third-order valence-corrected chi connectivity index (χ3v) is 3.20. The maximum atomic E-state index is 12.0. The molecule has 2 aromatic carbocycles. The lowest BCUT2D eigenvalue weighted by Crippen LogP contribution is -2.14. The standard InChI is InChI=1S/C16H17ClN2O2/c17-15-4-2-1-3-12(15)11-16(20)19-13-5-7-14(8-6-13)21-10-9-18/h1-8H,9-11,18H2,(H,19,20). The Labute approximate surface area is 128 Å². The van der Waals surface area contributed by atoms with E-state index in [2.05, 4.69) is 5.32 Å². The molecule has 0 atom stereocenters. The minimum Gasteiger partial charge on any atom is -0.492 e. The summed E-state index contributed by atoms with van der Waals surface area (Å²) in [5, 5.41) is 3.42. The average molecular weight is 305 g/mol. The number of hydrogen-bond donors (Lipinski definition) is 2. The van der Waals surface area contributed by atoms with Crippen molar-refractivity contribution in [3.63, 3.8) is 0 Å². The molecule has 0 saturated carbocycles. The van der Waals surface area contributed by atoms with E-state index in [9.17, 15) is 4.79 Å². The zero-order valence-corrected chi connectivity index (χ0v) is 12.3. The number of carbonyl (C=O) groups is 1. The van der Waals surface area contributed by atoms with Gasteiger partial charge < -0.3 is 15.8 Å². The maximum Gasteiger partial charge on any atom is 0.228 e. The Balaban J connectivity index is 1.92. The minimum atomic E-state index is -0.112. The Morgan fingerprint density at radius 3 is 2.52 bits per heavy atom. The van der Waals surface area contributed by atoms with Crippen molar-refractivity contribution in [1.82, 2.24) is 0 Å². The van der Waals surface area contributed by atoms with E-state index in [1.54, 1.807) is 30.3 Å². The number of amides is 1. The first-order valence-electron chi connectivity index (χ1n) is 6.65. The first kappa shape index (κ1) is 15.4.